The fourth-order valence-electron chi connectivity index (χ4n) is 10.3. The molecule has 0 saturated heterocycles. The Balaban J connectivity index is 1.07. The first-order valence-corrected chi connectivity index (χ1v) is 23.2. The lowest BCUT2D eigenvalue weighted by molar-refractivity contribution is 0.670. The van der Waals surface area contributed by atoms with Gasteiger partial charge in [-0.1, -0.05) is 182 Å². The van der Waals surface area contributed by atoms with Crippen molar-refractivity contribution in [2.24, 2.45) is 0 Å². The highest BCUT2D eigenvalue weighted by Gasteiger charge is 2.23. The van der Waals surface area contributed by atoms with E-state index in [1.807, 2.05) is 6.20 Å². The second kappa shape index (κ2) is 16.4. The summed E-state index contributed by atoms with van der Waals surface area (Å²) in [4.78, 5) is 5.50. The molecule has 68 heavy (non-hydrogen) atoms. The van der Waals surface area contributed by atoms with Gasteiger partial charge in [-0.15, -0.1) is 0 Å². The monoisotopic (exact) mass is 866 g/mol. The molecule has 0 aliphatic heterocycles. The number of furan rings is 1. The molecular formula is C65H42N2O. The van der Waals surface area contributed by atoms with E-state index >= 15 is 0 Å². The summed E-state index contributed by atoms with van der Waals surface area (Å²) in [5.41, 5.74) is 20.4. The second-order valence-electron chi connectivity index (χ2n) is 17.4. The van der Waals surface area contributed by atoms with Crippen LogP contribution in [0.3, 0.4) is 0 Å². The smallest absolute Gasteiger partial charge is 0.144 e. The van der Waals surface area contributed by atoms with Gasteiger partial charge < -0.3 is 8.98 Å². The fraction of sp³-hybridized carbons (Fsp3) is 0. The summed E-state index contributed by atoms with van der Waals surface area (Å²) in [7, 11) is 0. The van der Waals surface area contributed by atoms with Crippen LogP contribution < -0.4 is 0 Å². The van der Waals surface area contributed by atoms with Crippen LogP contribution >= 0.6 is 0 Å². The predicted octanol–water partition coefficient (Wildman–Crippen LogP) is 17.7. The number of rotatable bonds is 8. The Kier molecular flexibility index (Phi) is 9.50. The molecule has 3 nitrogen and oxygen atoms in total. The van der Waals surface area contributed by atoms with Gasteiger partial charge in [0.1, 0.15) is 11.2 Å². The molecule has 0 aliphatic rings. The SMILES string of the molecule is c1ccc(-c2cc(-c3ccccc3)cc(-c3cc(-c4ccc(-c5ccccc5)c(-c5ccccc5)c4)cnc3-c3cccc4c3oc3ccc5c(c6ccccc6n5-c5ccccc5)c34)c2)cc1. The molecule has 318 valence electrons. The van der Waals surface area contributed by atoms with Crippen molar-refractivity contribution in [1.29, 1.82) is 0 Å². The second-order valence-corrected chi connectivity index (χ2v) is 17.4. The van der Waals surface area contributed by atoms with Gasteiger partial charge in [0, 0.05) is 50.1 Å². The number of aromatic nitrogens is 2. The number of nitrogens with zero attached hydrogens (tertiary/aromatic N) is 2. The molecule has 0 spiro atoms. The third-order valence-electron chi connectivity index (χ3n) is 13.4. The minimum Gasteiger partial charge on any atom is -0.455 e. The Hall–Kier alpha value is -9.05. The summed E-state index contributed by atoms with van der Waals surface area (Å²) >= 11 is 0. The van der Waals surface area contributed by atoms with E-state index in [-0.39, 0.29) is 0 Å². The van der Waals surface area contributed by atoms with E-state index in [2.05, 4.69) is 253 Å². The van der Waals surface area contributed by atoms with Crippen LogP contribution in [0.1, 0.15) is 0 Å². The minimum absolute atomic E-state index is 0.814. The van der Waals surface area contributed by atoms with Crippen LogP contribution in [-0.4, -0.2) is 9.55 Å². The standard InChI is InChI=1S/C65H42N2O/c1-6-19-43(20-7-1)48-37-49(44-21-8-2-9-22-44)39-50(38-48)58-41-51(47-33-34-53(45-23-10-3-11-24-45)57(40-47)46-25-12-4-13-26-46)42-66-64(58)56-31-18-30-55-63-61(68-65(55)56)36-35-60-62(63)54-29-16-17-32-59(54)67(60)52-27-14-5-15-28-52/h1-42H. The molecule has 0 fully saturated rings. The topological polar surface area (TPSA) is 31.0 Å². The summed E-state index contributed by atoms with van der Waals surface area (Å²) in [5, 5.41) is 4.53. The summed E-state index contributed by atoms with van der Waals surface area (Å²) in [6.07, 6.45) is 2.04. The third-order valence-corrected chi connectivity index (χ3v) is 13.4. The summed E-state index contributed by atoms with van der Waals surface area (Å²) < 4.78 is 9.44. The Labute approximate surface area is 394 Å². The summed E-state index contributed by atoms with van der Waals surface area (Å²) in [5.74, 6) is 0. The average molecular weight is 867 g/mol. The first-order chi connectivity index (χ1) is 33.7. The Morgan fingerprint density at radius 3 is 1.54 bits per heavy atom. The molecule has 0 aliphatic carbocycles. The fourth-order valence-corrected chi connectivity index (χ4v) is 10.3. The van der Waals surface area contributed by atoms with Crippen LogP contribution in [0.15, 0.2) is 259 Å². The van der Waals surface area contributed by atoms with Crippen molar-refractivity contribution in [2.45, 2.75) is 0 Å². The van der Waals surface area contributed by atoms with Crippen LogP contribution in [0.25, 0.3) is 127 Å². The van der Waals surface area contributed by atoms with Gasteiger partial charge >= 0.3 is 0 Å². The predicted molar refractivity (Wildman–Crippen MR) is 284 cm³/mol. The van der Waals surface area contributed by atoms with Crippen LogP contribution in [0.5, 0.6) is 0 Å². The zero-order valence-corrected chi connectivity index (χ0v) is 37.1. The first kappa shape index (κ1) is 39.3. The lowest BCUT2D eigenvalue weighted by Gasteiger charge is -2.17. The Morgan fingerprint density at radius 2 is 0.868 bits per heavy atom. The van der Waals surface area contributed by atoms with E-state index in [0.29, 0.717) is 0 Å². The minimum atomic E-state index is 0.814. The van der Waals surface area contributed by atoms with Crippen LogP contribution in [0, 0.1) is 0 Å². The van der Waals surface area contributed by atoms with Crippen molar-refractivity contribution < 1.29 is 4.42 Å². The molecular weight excluding hydrogens is 825 g/mol. The normalized spacial score (nSPS) is 11.5. The van der Waals surface area contributed by atoms with E-state index in [1.165, 1.54) is 33.0 Å². The van der Waals surface area contributed by atoms with E-state index in [4.69, 9.17) is 9.40 Å². The van der Waals surface area contributed by atoms with Crippen molar-refractivity contribution in [2.75, 3.05) is 0 Å². The average Bonchev–Trinajstić information content (AvgIpc) is 3.98. The van der Waals surface area contributed by atoms with Crippen molar-refractivity contribution in [3.8, 4) is 83.7 Å². The van der Waals surface area contributed by atoms with E-state index < -0.39 is 0 Å². The van der Waals surface area contributed by atoms with Gasteiger partial charge in [-0.3, -0.25) is 4.98 Å². The molecule has 0 saturated carbocycles. The molecule has 13 rings (SSSR count). The number of pyridine rings is 1. The quantitative estimate of drug-likeness (QED) is 0.152. The first-order valence-electron chi connectivity index (χ1n) is 23.2. The highest BCUT2D eigenvalue weighted by Crippen LogP contribution is 2.46. The molecule has 0 N–H and O–H groups in total. The van der Waals surface area contributed by atoms with Gasteiger partial charge in [-0.2, -0.15) is 0 Å². The number of para-hydroxylation sites is 3. The van der Waals surface area contributed by atoms with Gasteiger partial charge in [0.25, 0.3) is 0 Å². The van der Waals surface area contributed by atoms with E-state index in [1.54, 1.807) is 0 Å². The Bertz CT molecular complexity index is 3930. The largest absolute Gasteiger partial charge is 0.455 e. The van der Waals surface area contributed by atoms with Gasteiger partial charge in [0.15, 0.2) is 0 Å². The van der Waals surface area contributed by atoms with Crippen molar-refractivity contribution >= 4 is 43.7 Å². The maximum absolute atomic E-state index is 7.07. The van der Waals surface area contributed by atoms with Gasteiger partial charge in [-0.05, 0) is 122 Å². The van der Waals surface area contributed by atoms with Gasteiger partial charge in [-0.25, -0.2) is 0 Å². The van der Waals surface area contributed by atoms with Crippen molar-refractivity contribution in [3.05, 3.63) is 255 Å². The molecule has 0 radical (unpaired) electrons. The highest BCUT2D eigenvalue weighted by atomic mass is 16.3. The molecule has 13 aromatic rings. The number of hydrogen-bond acceptors (Lipinski definition) is 2. The molecule has 0 amide bonds. The maximum atomic E-state index is 7.07. The molecule has 0 unspecified atom stereocenters. The maximum Gasteiger partial charge on any atom is 0.144 e. The van der Waals surface area contributed by atoms with Crippen LogP contribution in [0.2, 0.25) is 0 Å². The summed E-state index contributed by atoms with van der Waals surface area (Å²) in [6.45, 7) is 0. The molecule has 0 bridgehead atoms. The van der Waals surface area contributed by atoms with Gasteiger partial charge in [0.05, 0.1) is 16.7 Å². The molecule has 10 aromatic carbocycles. The van der Waals surface area contributed by atoms with Crippen LogP contribution in [0.4, 0.5) is 0 Å². The highest BCUT2D eigenvalue weighted by molar-refractivity contribution is 6.28. The third kappa shape index (κ3) is 6.71. The number of fused-ring (bicyclic) bond motifs is 7. The molecule has 3 heteroatoms. The summed E-state index contributed by atoms with van der Waals surface area (Å²) in [6, 6.07) is 89.0. The zero-order valence-electron chi connectivity index (χ0n) is 37.1. The van der Waals surface area contributed by atoms with Crippen molar-refractivity contribution in [1.82, 2.24) is 9.55 Å². The van der Waals surface area contributed by atoms with Crippen molar-refractivity contribution in [3.63, 3.8) is 0 Å². The van der Waals surface area contributed by atoms with Crippen LogP contribution in [-0.2, 0) is 0 Å². The number of hydrogen-bond donors (Lipinski definition) is 0. The van der Waals surface area contributed by atoms with E-state index in [9.17, 15) is 0 Å². The molecule has 3 heterocycles. The lowest BCUT2D eigenvalue weighted by atomic mass is 9.88. The van der Waals surface area contributed by atoms with Gasteiger partial charge in [0.2, 0.25) is 0 Å². The number of benzene rings is 10. The Morgan fingerprint density at radius 1 is 0.309 bits per heavy atom. The molecule has 0 atom stereocenters. The molecule has 3 aromatic heterocycles. The lowest BCUT2D eigenvalue weighted by Crippen LogP contribution is -1.94. The van der Waals surface area contributed by atoms with E-state index in [0.717, 1.165) is 94.4 Å². The zero-order chi connectivity index (χ0) is 45.0.